The van der Waals surface area contributed by atoms with Gasteiger partial charge in [0.1, 0.15) is 0 Å². The fourth-order valence-corrected chi connectivity index (χ4v) is 3.73. The molecule has 1 saturated heterocycles. The first kappa shape index (κ1) is 22.7. The lowest BCUT2D eigenvalue weighted by atomic mass is 10.1. The molecule has 2 nitrogen and oxygen atoms in total. The molecule has 25 heavy (non-hydrogen) atoms. The van der Waals surface area contributed by atoms with Crippen molar-refractivity contribution < 1.29 is 0 Å². The zero-order valence-electron chi connectivity index (χ0n) is 17.5. The van der Waals surface area contributed by atoms with Gasteiger partial charge in [-0.25, -0.2) is 0 Å². The molecule has 0 amide bonds. The Balaban J connectivity index is 1.74. The molecule has 1 heterocycles. The second-order valence-electron chi connectivity index (χ2n) is 7.91. The van der Waals surface area contributed by atoms with E-state index in [2.05, 4.69) is 35.8 Å². The average Bonchev–Trinajstić information content (AvgIpc) is 3.09. The van der Waals surface area contributed by atoms with E-state index in [4.69, 9.17) is 0 Å². The molecule has 0 spiro atoms. The molecule has 0 radical (unpaired) electrons. The Morgan fingerprint density at radius 1 is 0.600 bits per heavy atom. The molecule has 1 aliphatic rings. The van der Waals surface area contributed by atoms with Gasteiger partial charge in [0.05, 0.1) is 6.67 Å². The third-order valence-electron chi connectivity index (χ3n) is 5.57. The second kappa shape index (κ2) is 17.1. The van der Waals surface area contributed by atoms with E-state index in [9.17, 15) is 0 Å². The number of hydrogen-bond acceptors (Lipinski definition) is 2. The van der Waals surface area contributed by atoms with E-state index in [1.165, 1.54) is 123 Å². The first-order chi connectivity index (χ1) is 12.4. The van der Waals surface area contributed by atoms with Crippen molar-refractivity contribution in [3.8, 4) is 0 Å². The molecule has 0 bridgehead atoms. The SMILES string of the molecule is CCCCCCCC/C=C\CCCCCCCCN1CCN(CC)C1. The predicted molar refractivity (Wildman–Crippen MR) is 113 cm³/mol. The van der Waals surface area contributed by atoms with Crippen molar-refractivity contribution in [1.82, 2.24) is 9.80 Å². The Bertz CT molecular complexity index is 300. The van der Waals surface area contributed by atoms with E-state index in [0.29, 0.717) is 0 Å². The fraction of sp³-hybridized carbons (Fsp3) is 0.913. The molecule has 0 saturated carbocycles. The van der Waals surface area contributed by atoms with Gasteiger partial charge in [-0.05, 0) is 45.2 Å². The summed E-state index contributed by atoms with van der Waals surface area (Å²) < 4.78 is 0. The molecular formula is C23H46N2. The van der Waals surface area contributed by atoms with Crippen LogP contribution in [0.4, 0.5) is 0 Å². The van der Waals surface area contributed by atoms with Crippen LogP contribution < -0.4 is 0 Å². The van der Waals surface area contributed by atoms with Crippen LogP contribution in [0.3, 0.4) is 0 Å². The standard InChI is InChI=1S/C23H46N2/c1-3-5-6-7-8-9-10-11-12-13-14-15-16-17-18-19-20-25-22-21-24(4-2)23-25/h11-12H,3-10,13-23H2,1-2H3/b12-11-. The predicted octanol–water partition coefficient (Wildman–Crippen LogP) is 6.62. The number of hydrogen-bond donors (Lipinski definition) is 0. The molecule has 1 fully saturated rings. The summed E-state index contributed by atoms with van der Waals surface area (Å²) in [4.78, 5) is 5.16. The van der Waals surface area contributed by atoms with Crippen molar-refractivity contribution in [2.24, 2.45) is 0 Å². The maximum atomic E-state index is 2.62. The van der Waals surface area contributed by atoms with Crippen LogP contribution in [0, 0.1) is 0 Å². The van der Waals surface area contributed by atoms with Crippen molar-refractivity contribution in [2.75, 3.05) is 32.8 Å². The van der Waals surface area contributed by atoms with Crippen LogP contribution >= 0.6 is 0 Å². The summed E-state index contributed by atoms with van der Waals surface area (Å²) >= 11 is 0. The zero-order valence-corrected chi connectivity index (χ0v) is 17.5. The summed E-state index contributed by atoms with van der Waals surface area (Å²) in [6.45, 7) is 10.9. The Morgan fingerprint density at radius 3 is 1.68 bits per heavy atom. The summed E-state index contributed by atoms with van der Waals surface area (Å²) in [7, 11) is 0. The van der Waals surface area contributed by atoms with Crippen molar-refractivity contribution >= 4 is 0 Å². The first-order valence-corrected chi connectivity index (χ1v) is 11.5. The number of allylic oxidation sites excluding steroid dienone is 2. The maximum absolute atomic E-state index is 2.62. The van der Waals surface area contributed by atoms with Crippen LogP contribution in [0.25, 0.3) is 0 Å². The summed E-state index contributed by atoms with van der Waals surface area (Å²) in [5.41, 5.74) is 0. The van der Waals surface area contributed by atoms with Gasteiger partial charge in [-0.3, -0.25) is 9.80 Å². The number of nitrogens with zero attached hydrogens (tertiary/aromatic N) is 2. The van der Waals surface area contributed by atoms with E-state index in [1.54, 1.807) is 0 Å². The van der Waals surface area contributed by atoms with Gasteiger partial charge in [0.25, 0.3) is 0 Å². The highest BCUT2D eigenvalue weighted by atomic mass is 15.4. The van der Waals surface area contributed by atoms with Gasteiger partial charge in [0, 0.05) is 13.1 Å². The first-order valence-electron chi connectivity index (χ1n) is 11.5. The van der Waals surface area contributed by atoms with E-state index in [1.807, 2.05) is 0 Å². The molecule has 148 valence electrons. The summed E-state index contributed by atoms with van der Waals surface area (Å²) in [6.07, 6.45) is 24.5. The molecule has 0 aromatic heterocycles. The lowest BCUT2D eigenvalue weighted by molar-refractivity contribution is 0.249. The Labute approximate surface area is 159 Å². The summed E-state index contributed by atoms with van der Waals surface area (Å²) in [5.74, 6) is 0. The van der Waals surface area contributed by atoms with Crippen molar-refractivity contribution in [3.05, 3.63) is 12.2 Å². The molecule has 0 unspecified atom stereocenters. The average molecular weight is 351 g/mol. The number of likely N-dealkylation sites (N-methyl/N-ethyl adjacent to an activating group) is 1. The van der Waals surface area contributed by atoms with Crippen LogP contribution in [0.15, 0.2) is 12.2 Å². The van der Waals surface area contributed by atoms with Crippen LogP contribution in [0.5, 0.6) is 0 Å². The van der Waals surface area contributed by atoms with Gasteiger partial charge in [0.2, 0.25) is 0 Å². The minimum absolute atomic E-state index is 1.21. The third-order valence-corrected chi connectivity index (χ3v) is 5.57. The lowest BCUT2D eigenvalue weighted by Crippen LogP contribution is -2.26. The molecule has 0 aliphatic carbocycles. The highest BCUT2D eigenvalue weighted by Crippen LogP contribution is 2.11. The largest absolute Gasteiger partial charge is 0.289 e. The zero-order chi connectivity index (χ0) is 18.0. The summed E-state index contributed by atoms with van der Waals surface area (Å²) in [6, 6.07) is 0. The second-order valence-corrected chi connectivity index (χ2v) is 7.91. The smallest absolute Gasteiger partial charge is 0.0507 e. The van der Waals surface area contributed by atoms with Crippen LogP contribution in [0.2, 0.25) is 0 Å². The van der Waals surface area contributed by atoms with Gasteiger partial charge in [-0.2, -0.15) is 0 Å². The van der Waals surface area contributed by atoms with Gasteiger partial charge in [0.15, 0.2) is 0 Å². The minimum atomic E-state index is 1.21. The molecular weight excluding hydrogens is 304 g/mol. The van der Waals surface area contributed by atoms with E-state index in [0.717, 1.165) is 0 Å². The number of rotatable bonds is 17. The van der Waals surface area contributed by atoms with Gasteiger partial charge in [-0.1, -0.05) is 83.8 Å². The van der Waals surface area contributed by atoms with Crippen LogP contribution in [-0.2, 0) is 0 Å². The van der Waals surface area contributed by atoms with E-state index in [-0.39, 0.29) is 0 Å². The Morgan fingerprint density at radius 2 is 1.12 bits per heavy atom. The summed E-state index contributed by atoms with van der Waals surface area (Å²) in [5, 5.41) is 0. The van der Waals surface area contributed by atoms with Crippen molar-refractivity contribution in [3.63, 3.8) is 0 Å². The molecule has 1 aliphatic heterocycles. The van der Waals surface area contributed by atoms with Crippen molar-refractivity contribution in [2.45, 2.75) is 104 Å². The van der Waals surface area contributed by atoms with E-state index >= 15 is 0 Å². The topological polar surface area (TPSA) is 6.48 Å². The molecule has 0 aromatic rings. The highest BCUT2D eigenvalue weighted by Gasteiger charge is 2.16. The minimum Gasteiger partial charge on any atom is -0.289 e. The van der Waals surface area contributed by atoms with Gasteiger partial charge in [-0.15, -0.1) is 0 Å². The van der Waals surface area contributed by atoms with Crippen LogP contribution in [0.1, 0.15) is 104 Å². The van der Waals surface area contributed by atoms with Gasteiger partial charge < -0.3 is 0 Å². The van der Waals surface area contributed by atoms with E-state index < -0.39 is 0 Å². The third kappa shape index (κ3) is 13.5. The molecule has 2 heteroatoms. The van der Waals surface area contributed by atoms with Crippen LogP contribution in [-0.4, -0.2) is 42.6 Å². The maximum Gasteiger partial charge on any atom is 0.0507 e. The molecule has 0 atom stereocenters. The quantitative estimate of drug-likeness (QED) is 0.215. The normalized spacial score (nSPS) is 16.4. The Kier molecular flexibility index (Phi) is 15.5. The van der Waals surface area contributed by atoms with Gasteiger partial charge >= 0.3 is 0 Å². The number of unbranched alkanes of at least 4 members (excludes halogenated alkanes) is 12. The monoisotopic (exact) mass is 350 g/mol. The lowest BCUT2D eigenvalue weighted by Gasteiger charge is -2.16. The molecule has 0 aromatic carbocycles. The fourth-order valence-electron chi connectivity index (χ4n) is 3.73. The highest BCUT2D eigenvalue weighted by molar-refractivity contribution is 4.81. The molecule has 1 rings (SSSR count). The van der Waals surface area contributed by atoms with Crippen molar-refractivity contribution in [1.29, 1.82) is 0 Å². The Hall–Kier alpha value is -0.340. The molecule has 0 N–H and O–H groups in total.